The first-order valence-corrected chi connectivity index (χ1v) is 9.54. The molecule has 0 aromatic heterocycles. The summed E-state index contributed by atoms with van der Waals surface area (Å²) in [5.74, 6) is -0.585. The van der Waals surface area contributed by atoms with Gasteiger partial charge < -0.3 is 15.0 Å². The molecule has 1 saturated heterocycles. The highest BCUT2D eigenvalue weighted by Gasteiger charge is 2.27. The van der Waals surface area contributed by atoms with Crippen molar-refractivity contribution in [2.24, 2.45) is 5.92 Å². The molecular formula is C20H29N3O5. The molecule has 0 unspecified atom stereocenters. The lowest BCUT2D eigenvalue weighted by molar-refractivity contribution is -0.384. The maximum Gasteiger partial charge on any atom is 0.339 e. The summed E-state index contributed by atoms with van der Waals surface area (Å²) >= 11 is 0. The standard InChI is InChI=1S/C20H29N3O5/c1-13-8-10-22(11-9-13)16-7-6-15(12-17(16)23(26)27)19(25)28-14(2)18(24)21-20(3,4)5/h6-7,12-14H,8-11H2,1-5H3,(H,21,24)/t14-/m0/s1. The molecule has 1 aliphatic rings. The van der Waals surface area contributed by atoms with Gasteiger partial charge in [-0.25, -0.2) is 4.79 Å². The maximum absolute atomic E-state index is 12.4. The molecule has 154 valence electrons. The molecule has 0 saturated carbocycles. The van der Waals surface area contributed by atoms with Gasteiger partial charge in [0.1, 0.15) is 5.69 Å². The first kappa shape index (κ1) is 21.7. The van der Waals surface area contributed by atoms with Crippen LogP contribution in [0.15, 0.2) is 18.2 Å². The molecule has 1 amide bonds. The highest BCUT2D eigenvalue weighted by Crippen LogP contribution is 2.32. The Labute approximate surface area is 165 Å². The van der Waals surface area contributed by atoms with Gasteiger partial charge in [-0.05, 0) is 58.6 Å². The molecule has 2 rings (SSSR count). The average Bonchev–Trinajstić information content (AvgIpc) is 2.60. The minimum atomic E-state index is -1.01. The van der Waals surface area contributed by atoms with Gasteiger partial charge in [0.2, 0.25) is 0 Å². The van der Waals surface area contributed by atoms with Crippen LogP contribution in [0.3, 0.4) is 0 Å². The quantitative estimate of drug-likeness (QED) is 0.469. The van der Waals surface area contributed by atoms with Crippen molar-refractivity contribution >= 4 is 23.3 Å². The van der Waals surface area contributed by atoms with Crippen LogP contribution in [0, 0.1) is 16.0 Å². The first-order valence-electron chi connectivity index (χ1n) is 9.54. The second kappa shape index (κ2) is 8.58. The van der Waals surface area contributed by atoms with Crippen LogP contribution in [0.1, 0.15) is 57.8 Å². The molecule has 8 nitrogen and oxygen atoms in total. The third-order valence-electron chi connectivity index (χ3n) is 4.68. The number of hydrogen-bond donors (Lipinski definition) is 1. The van der Waals surface area contributed by atoms with E-state index in [1.165, 1.54) is 19.1 Å². The van der Waals surface area contributed by atoms with Crippen molar-refractivity contribution in [3.05, 3.63) is 33.9 Å². The molecule has 0 aliphatic carbocycles. The summed E-state index contributed by atoms with van der Waals surface area (Å²) in [4.78, 5) is 37.5. The van der Waals surface area contributed by atoms with Crippen molar-refractivity contribution in [1.82, 2.24) is 5.32 Å². The molecule has 1 N–H and O–H groups in total. The number of nitro groups is 1. The van der Waals surface area contributed by atoms with Gasteiger partial charge in [0.15, 0.2) is 6.10 Å². The van der Waals surface area contributed by atoms with E-state index in [2.05, 4.69) is 12.2 Å². The fourth-order valence-electron chi connectivity index (χ4n) is 3.07. The lowest BCUT2D eigenvalue weighted by atomic mass is 9.98. The highest BCUT2D eigenvalue weighted by atomic mass is 16.6. The minimum Gasteiger partial charge on any atom is -0.449 e. The van der Waals surface area contributed by atoms with Crippen LogP contribution in [-0.4, -0.2) is 41.5 Å². The largest absolute Gasteiger partial charge is 0.449 e. The summed E-state index contributed by atoms with van der Waals surface area (Å²) in [6.45, 7) is 10.6. The molecule has 8 heteroatoms. The highest BCUT2D eigenvalue weighted by molar-refractivity contribution is 5.93. The van der Waals surface area contributed by atoms with Crippen LogP contribution in [0.4, 0.5) is 11.4 Å². The number of nitrogens with one attached hydrogen (secondary N) is 1. The zero-order valence-electron chi connectivity index (χ0n) is 17.2. The number of carbonyl (C=O) groups excluding carboxylic acids is 2. The number of ether oxygens (including phenoxy) is 1. The Bertz CT molecular complexity index is 749. The first-order chi connectivity index (χ1) is 13.0. The zero-order valence-corrected chi connectivity index (χ0v) is 17.2. The molecule has 28 heavy (non-hydrogen) atoms. The lowest BCUT2D eigenvalue weighted by Gasteiger charge is -2.31. The molecule has 0 bridgehead atoms. The van der Waals surface area contributed by atoms with E-state index in [1.54, 1.807) is 6.07 Å². The van der Waals surface area contributed by atoms with E-state index in [-0.39, 0.29) is 11.3 Å². The summed E-state index contributed by atoms with van der Waals surface area (Å²) < 4.78 is 5.19. The topological polar surface area (TPSA) is 102 Å². The van der Waals surface area contributed by atoms with Gasteiger partial charge in [-0.3, -0.25) is 14.9 Å². The fourth-order valence-corrected chi connectivity index (χ4v) is 3.07. The van der Waals surface area contributed by atoms with E-state index < -0.39 is 28.4 Å². The van der Waals surface area contributed by atoms with Crippen LogP contribution in [-0.2, 0) is 9.53 Å². The Hall–Kier alpha value is -2.64. The van der Waals surface area contributed by atoms with Gasteiger partial charge in [0.05, 0.1) is 10.5 Å². The van der Waals surface area contributed by atoms with E-state index in [0.717, 1.165) is 25.9 Å². The summed E-state index contributed by atoms with van der Waals surface area (Å²) in [5, 5.41) is 14.3. The monoisotopic (exact) mass is 391 g/mol. The van der Waals surface area contributed by atoms with Crippen molar-refractivity contribution in [2.75, 3.05) is 18.0 Å². The number of benzene rings is 1. The normalized spacial score (nSPS) is 16.4. The van der Waals surface area contributed by atoms with Crippen LogP contribution in [0.2, 0.25) is 0 Å². The Kier molecular flexibility index (Phi) is 6.64. The summed E-state index contributed by atoms with van der Waals surface area (Å²) in [6, 6.07) is 4.33. The molecule has 1 aromatic rings. The minimum absolute atomic E-state index is 0.0521. The predicted molar refractivity (Wildman–Crippen MR) is 106 cm³/mol. The SMILES string of the molecule is CC1CCN(c2ccc(C(=O)O[C@@H](C)C(=O)NC(C)(C)C)cc2[N+](=O)[O-])CC1. The summed E-state index contributed by atoms with van der Waals surface area (Å²) in [6.07, 6.45) is 0.942. The second-order valence-electron chi connectivity index (χ2n) is 8.42. The second-order valence-corrected chi connectivity index (χ2v) is 8.42. The van der Waals surface area contributed by atoms with Crippen molar-refractivity contribution < 1.29 is 19.2 Å². The van der Waals surface area contributed by atoms with Gasteiger partial charge in [-0.2, -0.15) is 0 Å². The molecule has 1 heterocycles. The van der Waals surface area contributed by atoms with Crippen molar-refractivity contribution in [1.29, 1.82) is 0 Å². The average molecular weight is 391 g/mol. The van der Waals surface area contributed by atoms with E-state index in [1.807, 2.05) is 25.7 Å². The molecule has 1 aromatic carbocycles. The smallest absolute Gasteiger partial charge is 0.339 e. The molecule has 0 radical (unpaired) electrons. The van der Waals surface area contributed by atoms with Crippen LogP contribution >= 0.6 is 0 Å². The Morgan fingerprint density at radius 1 is 1.29 bits per heavy atom. The Morgan fingerprint density at radius 2 is 1.89 bits per heavy atom. The number of carbonyl (C=O) groups is 2. The summed E-state index contributed by atoms with van der Waals surface area (Å²) in [7, 11) is 0. The molecule has 1 aliphatic heterocycles. The van der Waals surface area contributed by atoms with Crippen molar-refractivity contribution in [3.8, 4) is 0 Å². The van der Waals surface area contributed by atoms with Gasteiger partial charge in [-0.1, -0.05) is 6.92 Å². The van der Waals surface area contributed by atoms with Crippen LogP contribution in [0.25, 0.3) is 0 Å². The van der Waals surface area contributed by atoms with Crippen LogP contribution in [0.5, 0.6) is 0 Å². The number of amides is 1. The number of esters is 1. The van der Waals surface area contributed by atoms with Gasteiger partial charge in [0.25, 0.3) is 11.6 Å². The van der Waals surface area contributed by atoms with Crippen molar-refractivity contribution in [2.45, 2.75) is 59.1 Å². The van der Waals surface area contributed by atoms with E-state index >= 15 is 0 Å². The van der Waals surface area contributed by atoms with E-state index in [9.17, 15) is 19.7 Å². The van der Waals surface area contributed by atoms with E-state index in [4.69, 9.17) is 4.74 Å². The molecule has 0 spiro atoms. The van der Waals surface area contributed by atoms with E-state index in [0.29, 0.717) is 11.6 Å². The number of piperidine rings is 1. The van der Waals surface area contributed by atoms with Gasteiger partial charge in [0, 0.05) is 24.7 Å². The predicted octanol–water partition coefficient (Wildman–Crippen LogP) is 3.29. The molecule has 1 atom stereocenters. The number of rotatable bonds is 5. The third kappa shape index (κ3) is 5.68. The fraction of sp³-hybridized carbons (Fsp3) is 0.600. The maximum atomic E-state index is 12.4. The number of anilines is 1. The van der Waals surface area contributed by atoms with Gasteiger partial charge in [-0.15, -0.1) is 0 Å². The number of nitrogens with zero attached hydrogens (tertiary/aromatic N) is 2. The van der Waals surface area contributed by atoms with Gasteiger partial charge >= 0.3 is 5.97 Å². The Balaban J connectivity index is 2.15. The lowest BCUT2D eigenvalue weighted by Crippen LogP contribution is -2.46. The molecular weight excluding hydrogens is 362 g/mol. The third-order valence-corrected chi connectivity index (χ3v) is 4.68. The number of nitro benzene ring substituents is 1. The number of hydrogen-bond acceptors (Lipinski definition) is 6. The van der Waals surface area contributed by atoms with Crippen molar-refractivity contribution in [3.63, 3.8) is 0 Å². The zero-order chi connectivity index (χ0) is 21.1. The van der Waals surface area contributed by atoms with Crippen LogP contribution < -0.4 is 10.2 Å². The Morgan fingerprint density at radius 3 is 2.43 bits per heavy atom. The summed E-state index contributed by atoms with van der Waals surface area (Å²) in [5.41, 5.74) is -0.0246. The molecule has 1 fully saturated rings.